The third kappa shape index (κ3) is 3.33. The summed E-state index contributed by atoms with van der Waals surface area (Å²) in [6.07, 6.45) is 0. The SMILES string of the molecule is C[C@@H](Sc1nnc(-c2ccccc2)c2ccccc12)c1ccccc1Cl. The molecule has 0 N–H and O–H groups in total. The average molecular weight is 377 g/mol. The van der Waals surface area contributed by atoms with Gasteiger partial charge in [-0.15, -0.1) is 10.2 Å². The van der Waals surface area contributed by atoms with Crippen LogP contribution in [0.1, 0.15) is 17.7 Å². The average Bonchev–Trinajstić information content (AvgIpc) is 2.69. The summed E-state index contributed by atoms with van der Waals surface area (Å²) >= 11 is 8.05. The third-order valence-corrected chi connectivity index (χ3v) is 5.81. The van der Waals surface area contributed by atoms with Gasteiger partial charge >= 0.3 is 0 Å². The predicted molar refractivity (Wildman–Crippen MR) is 111 cm³/mol. The Bertz CT molecular complexity index is 1050. The zero-order valence-electron chi connectivity index (χ0n) is 14.3. The molecular weight excluding hydrogens is 360 g/mol. The number of aromatic nitrogens is 2. The Morgan fingerprint density at radius 1 is 0.769 bits per heavy atom. The summed E-state index contributed by atoms with van der Waals surface area (Å²) in [4.78, 5) is 0. The molecule has 1 atom stereocenters. The van der Waals surface area contributed by atoms with Gasteiger partial charge in [-0.2, -0.15) is 0 Å². The molecule has 2 nitrogen and oxygen atoms in total. The lowest BCUT2D eigenvalue weighted by Crippen LogP contribution is -1.96. The molecular formula is C22H17ClN2S. The molecule has 4 aromatic rings. The number of nitrogens with zero attached hydrogens (tertiary/aromatic N) is 2. The van der Waals surface area contributed by atoms with Crippen LogP contribution in [0.2, 0.25) is 5.02 Å². The van der Waals surface area contributed by atoms with E-state index in [1.165, 1.54) is 0 Å². The number of fused-ring (bicyclic) bond motifs is 1. The largest absolute Gasteiger partial charge is 0.149 e. The van der Waals surface area contributed by atoms with Crippen LogP contribution in [0.25, 0.3) is 22.0 Å². The molecule has 0 saturated heterocycles. The smallest absolute Gasteiger partial charge is 0.127 e. The van der Waals surface area contributed by atoms with E-state index in [0.717, 1.165) is 37.6 Å². The van der Waals surface area contributed by atoms with Crippen molar-refractivity contribution < 1.29 is 0 Å². The van der Waals surface area contributed by atoms with Crippen molar-refractivity contribution in [3.63, 3.8) is 0 Å². The molecule has 4 heteroatoms. The van der Waals surface area contributed by atoms with E-state index in [4.69, 9.17) is 11.6 Å². The first-order valence-electron chi connectivity index (χ1n) is 8.46. The van der Waals surface area contributed by atoms with Crippen LogP contribution in [0.5, 0.6) is 0 Å². The van der Waals surface area contributed by atoms with E-state index < -0.39 is 0 Å². The quantitative estimate of drug-likeness (QED) is 0.366. The van der Waals surface area contributed by atoms with Crippen LogP contribution in [0.4, 0.5) is 0 Å². The molecule has 26 heavy (non-hydrogen) atoms. The van der Waals surface area contributed by atoms with Gasteiger partial charge in [0.25, 0.3) is 0 Å². The zero-order chi connectivity index (χ0) is 17.9. The van der Waals surface area contributed by atoms with Gasteiger partial charge in [0.2, 0.25) is 0 Å². The molecule has 1 aromatic heterocycles. The van der Waals surface area contributed by atoms with Gasteiger partial charge in [0.05, 0.1) is 0 Å². The Morgan fingerprint density at radius 2 is 1.42 bits per heavy atom. The monoisotopic (exact) mass is 376 g/mol. The highest BCUT2D eigenvalue weighted by atomic mass is 35.5. The van der Waals surface area contributed by atoms with Crippen LogP contribution in [-0.4, -0.2) is 10.2 Å². The Kier molecular flexibility index (Phi) is 4.91. The number of halogens is 1. The Hall–Kier alpha value is -2.36. The molecule has 1 heterocycles. The molecule has 0 spiro atoms. The van der Waals surface area contributed by atoms with Gasteiger partial charge in [0.1, 0.15) is 10.7 Å². The molecule has 0 fully saturated rings. The van der Waals surface area contributed by atoms with Crippen molar-refractivity contribution in [3.8, 4) is 11.3 Å². The Balaban J connectivity index is 1.77. The molecule has 3 aromatic carbocycles. The maximum absolute atomic E-state index is 6.36. The number of hydrogen-bond acceptors (Lipinski definition) is 3. The van der Waals surface area contributed by atoms with Crippen molar-refractivity contribution in [1.29, 1.82) is 0 Å². The van der Waals surface area contributed by atoms with Crippen LogP contribution < -0.4 is 0 Å². The van der Waals surface area contributed by atoms with E-state index in [2.05, 4.69) is 47.5 Å². The normalized spacial score (nSPS) is 12.2. The van der Waals surface area contributed by atoms with E-state index in [0.29, 0.717) is 0 Å². The van der Waals surface area contributed by atoms with Crippen molar-refractivity contribution in [2.75, 3.05) is 0 Å². The van der Waals surface area contributed by atoms with Gasteiger partial charge in [-0.25, -0.2) is 0 Å². The first-order chi connectivity index (χ1) is 12.7. The van der Waals surface area contributed by atoms with Gasteiger partial charge in [-0.05, 0) is 18.6 Å². The summed E-state index contributed by atoms with van der Waals surface area (Å²) in [5, 5.41) is 13.2. The lowest BCUT2D eigenvalue weighted by atomic mass is 10.1. The number of benzene rings is 3. The summed E-state index contributed by atoms with van der Waals surface area (Å²) in [7, 11) is 0. The molecule has 0 aliphatic heterocycles. The summed E-state index contributed by atoms with van der Waals surface area (Å²) in [6, 6.07) is 26.4. The zero-order valence-corrected chi connectivity index (χ0v) is 15.8. The van der Waals surface area contributed by atoms with Crippen molar-refractivity contribution in [2.45, 2.75) is 17.2 Å². The van der Waals surface area contributed by atoms with Crippen molar-refractivity contribution in [3.05, 3.63) is 89.4 Å². The second-order valence-electron chi connectivity index (χ2n) is 6.05. The molecule has 0 aliphatic rings. The number of thioether (sulfide) groups is 1. The highest BCUT2D eigenvalue weighted by Crippen LogP contribution is 2.40. The first kappa shape index (κ1) is 17.1. The Morgan fingerprint density at radius 3 is 2.19 bits per heavy atom. The minimum atomic E-state index is 0.184. The van der Waals surface area contributed by atoms with Gasteiger partial charge in [-0.3, -0.25) is 0 Å². The lowest BCUT2D eigenvalue weighted by molar-refractivity contribution is 0.953. The van der Waals surface area contributed by atoms with Gasteiger partial charge in [0, 0.05) is 26.6 Å². The van der Waals surface area contributed by atoms with E-state index in [9.17, 15) is 0 Å². The fourth-order valence-corrected chi connectivity index (χ4v) is 4.44. The Labute approximate surface area is 162 Å². The van der Waals surface area contributed by atoms with Crippen LogP contribution >= 0.6 is 23.4 Å². The standard InChI is InChI=1S/C22H17ClN2S/c1-15(17-11-7-8-14-20(17)23)26-22-19-13-6-5-12-18(19)21(24-25-22)16-9-3-2-4-10-16/h2-15H,1H3/t15-/m1/s1. The minimum absolute atomic E-state index is 0.184. The first-order valence-corrected chi connectivity index (χ1v) is 9.72. The van der Waals surface area contributed by atoms with E-state index in [1.54, 1.807) is 11.8 Å². The van der Waals surface area contributed by atoms with Crippen LogP contribution in [0.3, 0.4) is 0 Å². The summed E-state index contributed by atoms with van der Waals surface area (Å²) < 4.78 is 0. The van der Waals surface area contributed by atoms with Crippen LogP contribution in [-0.2, 0) is 0 Å². The van der Waals surface area contributed by atoms with Crippen molar-refractivity contribution >= 4 is 34.1 Å². The molecule has 128 valence electrons. The number of rotatable bonds is 4. The maximum atomic E-state index is 6.36. The van der Waals surface area contributed by atoms with E-state index in [-0.39, 0.29) is 5.25 Å². The topological polar surface area (TPSA) is 25.8 Å². The van der Waals surface area contributed by atoms with Gasteiger partial charge < -0.3 is 0 Å². The second kappa shape index (κ2) is 7.48. The van der Waals surface area contributed by atoms with Crippen LogP contribution in [0, 0.1) is 0 Å². The van der Waals surface area contributed by atoms with E-state index >= 15 is 0 Å². The maximum Gasteiger partial charge on any atom is 0.127 e. The van der Waals surface area contributed by atoms with Crippen molar-refractivity contribution in [1.82, 2.24) is 10.2 Å². The van der Waals surface area contributed by atoms with Crippen molar-refractivity contribution in [2.24, 2.45) is 0 Å². The highest BCUT2D eigenvalue weighted by Gasteiger charge is 2.16. The number of hydrogen-bond donors (Lipinski definition) is 0. The molecule has 0 saturated carbocycles. The summed E-state index contributed by atoms with van der Waals surface area (Å²) in [5.74, 6) is 0. The summed E-state index contributed by atoms with van der Waals surface area (Å²) in [6.45, 7) is 2.15. The molecule has 0 radical (unpaired) electrons. The molecule has 0 aliphatic carbocycles. The van der Waals surface area contributed by atoms with Gasteiger partial charge in [-0.1, -0.05) is 96.2 Å². The molecule has 0 unspecified atom stereocenters. The lowest BCUT2D eigenvalue weighted by Gasteiger charge is -2.14. The third-order valence-electron chi connectivity index (χ3n) is 4.33. The van der Waals surface area contributed by atoms with Gasteiger partial charge in [0.15, 0.2) is 0 Å². The fraction of sp³-hybridized carbons (Fsp3) is 0.0909. The molecule has 0 bridgehead atoms. The molecule has 0 amide bonds. The highest BCUT2D eigenvalue weighted by molar-refractivity contribution is 7.99. The second-order valence-corrected chi connectivity index (χ2v) is 7.78. The molecule has 4 rings (SSSR count). The van der Waals surface area contributed by atoms with Crippen LogP contribution in [0.15, 0.2) is 83.9 Å². The predicted octanol–water partition coefficient (Wildman–Crippen LogP) is 6.80. The van der Waals surface area contributed by atoms with E-state index in [1.807, 2.05) is 48.5 Å². The summed E-state index contributed by atoms with van der Waals surface area (Å²) in [5.41, 5.74) is 3.10. The minimum Gasteiger partial charge on any atom is -0.149 e. The fourth-order valence-electron chi connectivity index (χ4n) is 3.01.